The maximum atomic E-state index is 13.2. The van der Waals surface area contributed by atoms with Crippen LogP contribution in [0.1, 0.15) is 23.0 Å². The molecule has 4 aromatic rings. The van der Waals surface area contributed by atoms with Gasteiger partial charge in [0, 0.05) is 18.0 Å². The van der Waals surface area contributed by atoms with Crippen molar-refractivity contribution in [2.75, 3.05) is 17.2 Å². The average Bonchev–Trinajstić information content (AvgIpc) is 3.35. The van der Waals surface area contributed by atoms with Crippen LogP contribution in [0.5, 0.6) is 0 Å². The summed E-state index contributed by atoms with van der Waals surface area (Å²) in [5.74, 6) is -0.435. The van der Waals surface area contributed by atoms with Gasteiger partial charge in [-0.2, -0.15) is 0 Å². The molecule has 0 aliphatic carbocycles. The number of hydrogen-bond acceptors (Lipinski definition) is 5. The molecule has 0 aliphatic rings. The van der Waals surface area contributed by atoms with Crippen LogP contribution in [0, 0.1) is 6.92 Å². The summed E-state index contributed by atoms with van der Waals surface area (Å²) in [6.07, 6.45) is 0. The van der Waals surface area contributed by atoms with Crippen LogP contribution >= 0.6 is 23.6 Å². The third-order valence-electron chi connectivity index (χ3n) is 5.38. The lowest BCUT2D eigenvalue weighted by Gasteiger charge is -2.11. The number of thiocarbonyl (C=S) groups is 1. The molecule has 0 saturated carbocycles. The van der Waals surface area contributed by atoms with Crippen LogP contribution in [-0.4, -0.2) is 27.1 Å². The minimum atomic E-state index is -0.435. The summed E-state index contributed by atoms with van der Waals surface area (Å²) < 4.78 is 8.64. The number of carbonyl (C=O) groups excluding carboxylic acids is 1. The molecule has 0 saturated heterocycles. The van der Waals surface area contributed by atoms with E-state index in [0.717, 1.165) is 22.5 Å². The largest absolute Gasteiger partial charge is 0.462 e. The highest BCUT2D eigenvalue weighted by molar-refractivity contribution is 7.80. The number of nitrogens with one attached hydrogen (secondary N) is 2. The van der Waals surface area contributed by atoms with Gasteiger partial charge in [-0.05, 0) is 43.8 Å². The fraction of sp³-hybridized carbons (Fsp3) is 0.160. The maximum Gasteiger partial charge on any atom is 0.341 e. The van der Waals surface area contributed by atoms with Crippen LogP contribution in [0.25, 0.3) is 16.8 Å². The predicted octanol–water partition coefficient (Wildman–Crippen LogP) is 5.20. The Bertz CT molecular complexity index is 1390. The quantitative estimate of drug-likeness (QED) is 0.285. The van der Waals surface area contributed by atoms with E-state index in [0.29, 0.717) is 16.3 Å². The van der Waals surface area contributed by atoms with Crippen molar-refractivity contribution >= 4 is 45.3 Å². The normalized spacial score (nSPS) is 10.7. The van der Waals surface area contributed by atoms with Crippen LogP contribution in [0.3, 0.4) is 0 Å². The van der Waals surface area contributed by atoms with Gasteiger partial charge in [-0.25, -0.2) is 9.48 Å². The highest BCUT2D eigenvalue weighted by atomic mass is 32.1. The number of carbonyl (C=O) groups is 1. The number of aromatic nitrogens is 2. The smallest absolute Gasteiger partial charge is 0.341 e. The summed E-state index contributed by atoms with van der Waals surface area (Å²) in [5.41, 5.74) is 3.68. The fourth-order valence-electron chi connectivity index (χ4n) is 3.65. The third-order valence-corrected chi connectivity index (χ3v) is 6.47. The highest BCUT2D eigenvalue weighted by Crippen LogP contribution is 2.36. The zero-order valence-corrected chi connectivity index (χ0v) is 20.6. The first-order chi connectivity index (χ1) is 16.4. The van der Waals surface area contributed by atoms with Crippen molar-refractivity contribution in [1.29, 1.82) is 0 Å². The molecule has 2 aromatic carbocycles. The monoisotopic (exact) mass is 492 g/mol. The molecule has 0 fully saturated rings. The number of ether oxygens (including phenoxy) is 1. The van der Waals surface area contributed by atoms with Crippen LogP contribution in [0.15, 0.2) is 70.8 Å². The molecule has 2 aromatic heterocycles. The van der Waals surface area contributed by atoms with Crippen molar-refractivity contribution in [2.45, 2.75) is 13.8 Å². The lowest BCUT2D eigenvalue weighted by Crippen LogP contribution is -2.25. The van der Waals surface area contributed by atoms with Gasteiger partial charge in [0.15, 0.2) is 5.11 Å². The topological polar surface area (TPSA) is 77.3 Å². The number of benzene rings is 2. The summed E-state index contributed by atoms with van der Waals surface area (Å²) in [6, 6.07) is 19.0. The van der Waals surface area contributed by atoms with E-state index < -0.39 is 5.97 Å². The number of nitrogens with zero attached hydrogens (tertiary/aromatic N) is 2. The van der Waals surface area contributed by atoms with Gasteiger partial charge >= 0.3 is 5.97 Å². The molecule has 7 nitrogen and oxygen atoms in total. The number of anilines is 2. The Morgan fingerprint density at radius 2 is 1.71 bits per heavy atom. The van der Waals surface area contributed by atoms with E-state index in [9.17, 15) is 9.59 Å². The molecule has 174 valence electrons. The predicted molar refractivity (Wildman–Crippen MR) is 141 cm³/mol. The van der Waals surface area contributed by atoms with Crippen LogP contribution in [0.4, 0.5) is 10.7 Å². The first kappa shape index (κ1) is 23.5. The van der Waals surface area contributed by atoms with Gasteiger partial charge in [0.1, 0.15) is 16.3 Å². The Morgan fingerprint density at radius 3 is 2.35 bits per heavy atom. The number of thiophene rings is 1. The highest BCUT2D eigenvalue weighted by Gasteiger charge is 2.23. The van der Waals surface area contributed by atoms with E-state index in [2.05, 4.69) is 10.6 Å². The second-order valence-electron chi connectivity index (χ2n) is 7.46. The molecule has 0 spiro atoms. The molecule has 0 amide bonds. The van der Waals surface area contributed by atoms with E-state index in [1.807, 2.05) is 80.0 Å². The molecule has 0 unspecified atom stereocenters. The second kappa shape index (κ2) is 10.1. The first-order valence-electron chi connectivity index (χ1n) is 10.7. The summed E-state index contributed by atoms with van der Waals surface area (Å²) in [7, 11) is 1.82. The zero-order valence-electron chi connectivity index (χ0n) is 19.0. The van der Waals surface area contributed by atoms with Gasteiger partial charge in [-0.15, -0.1) is 11.3 Å². The molecule has 0 aliphatic heterocycles. The van der Waals surface area contributed by atoms with Crippen molar-refractivity contribution in [3.63, 3.8) is 0 Å². The van der Waals surface area contributed by atoms with Gasteiger partial charge in [-0.1, -0.05) is 48.5 Å². The van der Waals surface area contributed by atoms with Crippen molar-refractivity contribution in [2.24, 2.45) is 7.05 Å². The first-order valence-corrected chi connectivity index (χ1v) is 12.0. The average molecular weight is 493 g/mol. The molecule has 4 rings (SSSR count). The Labute approximate surface area is 206 Å². The number of esters is 1. The Hall–Kier alpha value is -3.69. The number of para-hydroxylation sites is 1. The summed E-state index contributed by atoms with van der Waals surface area (Å²) in [4.78, 5) is 26.0. The summed E-state index contributed by atoms with van der Waals surface area (Å²) >= 11 is 6.87. The molecule has 9 heteroatoms. The summed E-state index contributed by atoms with van der Waals surface area (Å²) in [5, 5.41) is 8.76. The van der Waals surface area contributed by atoms with E-state index in [1.165, 1.54) is 11.3 Å². The van der Waals surface area contributed by atoms with Gasteiger partial charge in [0.05, 0.1) is 18.0 Å². The SMILES string of the molecule is CCOC(=O)c1c(-c2ccccc2)csc1NC(=S)Nc1c(C)n(C)n(-c2ccccc2)c1=O. The van der Waals surface area contributed by atoms with Crippen LogP contribution < -0.4 is 16.2 Å². The molecule has 0 bridgehead atoms. The van der Waals surface area contributed by atoms with Crippen LogP contribution in [-0.2, 0) is 11.8 Å². The van der Waals surface area contributed by atoms with Crippen LogP contribution in [0.2, 0.25) is 0 Å². The van der Waals surface area contributed by atoms with E-state index >= 15 is 0 Å². The van der Waals surface area contributed by atoms with E-state index in [-0.39, 0.29) is 17.3 Å². The van der Waals surface area contributed by atoms with Crippen molar-refractivity contribution < 1.29 is 9.53 Å². The molecule has 2 heterocycles. The minimum Gasteiger partial charge on any atom is -0.462 e. The summed E-state index contributed by atoms with van der Waals surface area (Å²) in [6.45, 7) is 3.86. The van der Waals surface area contributed by atoms with Gasteiger partial charge in [-0.3, -0.25) is 9.48 Å². The molecular weight excluding hydrogens is 468 g/mol. The van der Waals surface area contributed by atoms with Gasteiger partial charge in [0.25, 0.3) is 5.56 Å². The Morgan fingerprint density at radius 1 is 1.06 bits per heavy atom. The Balaban J connectivity index is 1.64. The van der Waals surface area contributed by atoms with Crippen molar-refractivity contribution in [3.05, 3.63) is 87.7 Å². The van der Waals surface area contributed by atoms with Crippen molar-refractivity contribution in [3.8, 4) is 16.8 Å². The van der Waals surface area contributed by atoms with E-state index in [1.54, 1.807) is 16.3 Å². The van der Waals surface area contributed by atoms with Crippen molar-refractivity contribution in [1.82, 2.24) is 9.36 Å². The maximum absolute atomic E-state index is 13.2. The lowest BCUT2D eigenvalue weighted by atomic mass is 10.0. The second-order valence-corrected chi connectivity index (χ2v) is 8.74. The fourth-order valence-corrected chi connectivity index (χ4v) is 4.88. The van der Waals surface area contributed by atoms with E-state index in [4.69, 9.17) is 17.0 Å². The molecule has 2 N–H and O–H groups in total. The molecule has 0 radical (unpaired) electrons. The van der Waals surface area contributed by atoms with Gasteiger partial charge < -0.3 is 15.4 Å². The van der Waals surface area contributed by atoms with Gasteiger partial charge in [0.2, 0.25) is 0 Å². The Kier molecular flexibility index (Phi) is 6.95. The molecule has 34 heavy (non-hydrogen) atoms. The standard InChI is InChI=1S/C25H24N4O3S2/c1-4-32-24(31)20-19(17-11-7-5-8-12-17)15-34-22(20)27-25(33)26-21-16(2)28(3)29(23(21)30)18-13-9-6-10-14-18/h5-15H,4H2,1-3H3,(H2,26,27,33). The zero-order chi connectivity index (χ0) is 24.2. The third kappa shape index (κ3) is 4.52. The molecule has 0 atom stereocenters. The minimum absolute atomic E-state index is 0.207. The number of hydrogen-bond donors (Lipinski definition) is 2. The number of rotatable bonds is 6. The molecular formula is C25H24N4O3S2. The lowest BCUT2D eigenvalue weighted by molar-refractivity contribution is 0.0529.